The maximum atomic E-state index is 13.3. The van der Waals surface area contributed by atoms with Crippen molar-refractivity contribution in [2.45, 2.75) is 26.3 Å². The first-order valence-corrected chi connectivity index (χ1v) is 5.75. The van der Waals surface area contributed by atoms with Crippen LogP contribution in [0.3, 0.4) is 0 Å². The minimum atomic E-state index is -0.814. The largest absolute Gasteiger partial charge is 0.481 e. The summed E-state index contributed by atoms with van der Waals surface area (Å²) in [5.41, 5.74) is 1.20. The van der Waals surface area contributed by atoms with Gasteiger partial charge in [-0.15, -0.1) is 0 Å². The molecule has 0 saturated carbocycles. The third-order valence-corrected chi connectivity index (χ3v) is 2.74. The van der Waals surface area contributed by atoms with Crippen LogP contribution in [0.1, 0.15) is 24.0 Å². The van der Waals surface area contributed by atoms with Crippen molar-refractivity contribution in [1.29, 1.82) is 0 Å². The Morgan fingerprint density at radius 2 is 2.24 bits per heavy atom. The number of nitrogens with one attached hydrogen (secondary N) is 1. The zero-order valence-corrected chi connectivity index (χ0v) is 10.4. The third kappa shape index (κ3) is 4.71. The van der Waals surface area contributed by atoms with Crippen LogP contribution in [-0.2, 0) is 11.3 Å². The number of aliphatic carboxylic acids is 1. The van der Waals surface area contributed by atoms with E-state index in [4.69, 9.17) is 16.7 Å². The van der Waals surface area contributed by atoms with Gasteiger partial charge in [-0.3, -0.25) is 4.79 Å². The summed E-state index contributed by atoms with van der Waals surface area (Å²) in [7, 11) is 0. The monoisotopic (exact) mass is 259 g/mol. The lowest BCUT2D eigenvalue weighted by Gasteiger charge is -2.07. The van der Waals surface area contributed by atoms with Gasteiger partial charge in [-0.25, -0.2) is 4.39 Å². The van der Waals surface area contributed by atoms with E-state index in [9.17, 15) is 9.18 Å². The number of carboxylic acids is 1. The third-order valence-electron chi connectivity index (χ3n) is 2.39. The highest BCUT2D eigenvalue weighted by Crippen LogP contribution is 2.20. The number of hydrogen-bond acceptors (Lipinski definition) is 2. The molecule has 0 aromatic heterocycles. The van der Waals surface area contributed by atoms with Gasteiger partial charge >= 0.3 is 5.97 Å². The fourth-order valence-electron chi connectivity index (χ4n) is 1.41. The normalized spacial score (nSPS) is 10.5. The van der Waals surface area contributed by atoms with Crippen LogP contribution in [0.5, 0.6) is 0 Å². The van der Waals surface area contributed by atoms with Gasteiger partial charge in [0.25, 0.3) is 0 Å². The highest BCUT2D eigenvalue weighted by atomic mass is 35.5. The first-order chi connectivity index (χ1) is 8.00. The Bertz CT molecular complexity index is 410. The van der Waals surface area contributed by atoms with Gasteiger partial charge in [-0.05, 0) is 43.1 Å². The molecule has 0 saturated heterocycles. The van der Waals surface area contributed by atoms with Crippen molar-refractivity contribution in [2.24, 2.45) is 0 Å². The fraction of sp³-hybridized carbons (Fsp3) is 0.417. The first-order valence-electron chi connectivity index (χ1n) is 5.37. The summed E-state index contributed by atoms with van der Waals surface area (Å²) in [6.07, 6.45) is 0.671. The van der Waals surface area contributed by atoms with Gasteiger partial charge in [-0.2, -0.15) is 0 Å². The molecule has 0 aliphatic carbocycles. The van der Waals surface area contributed by atoms with Crippen LogP contribution in [0.15, 0.2) is 12.1 Å². The van der Waals surface area contributed by atoms with E-state index in [0.717, 1.165) is 0 Å². The van der Waals surface area contributed by atoms with Gasteiger partial charge < -0.3 is 10.4 Å². The van der Waals surface area contributed by atoms with Crippen LogP contribution in [0, 0.1) is 12.7 Å². The average molecular weight is 260 g/mol. The zero-order chi connectivity index (χ0) is 12.8. The van der Waals surface area contributed by atoms with Gasteiger partial charge in [0.15, 0.2) is 0 Å². The smallest absolute Gasteiger partial charge is 0.303 e. The Morgan fingerprint density at radius 3 is 2.88 bits per heavy atom. The molecule has 1 aromatic carbocycles. The number of halogens is 2. The van der Waals surface area contributed by atoms with E-state index in [1.807, 2.05) is 0 Å². The summed E-state index contributed by atoms with van der Waals surface area (Å²) in [5.74, 6) is -1.09. The van der Waals surface area contributed by atoms with Crippen LogP contribution in [0.4, 0.5) is 4.39 Å². The topological polar surface area (TPSA) is 49.3 Å². The lowest BCUT2D eigenvalue weighted by Crippen LogP contribution is -2.16. The molecule has 0 amide bonds. The van der Waals surface area contributed by atoms with E-state index >= 15 is 0 Å². The second-order valence-electron chi connectivity index (χ2n) is 3.87. The van der Waals surface area contributed by atoms with Crippen molar-refractivity contribution in [3.63, 3.8) is 0 Å². The van der Waals surface area contributed by atoms with Gasteiger partial charge in [0.1, 0.15) is 5.82 Å². The number of carboxylic acid groups (broad SMARTS) is 1. The minimum Gasteiger partial charge on any atom is -0.481 e. The molecule has 0 atom stereocenters. The Labute approximate surface area is 105 Å². The number of carbonyl (C=O) groups is 1. The molecule has 2 N–H and O–H groups in total. The summed E-state index contributed by atoms with van der Waals surface area (Å²) >= 11 is 5.96. The van der Waals surface area contributed by atoms with Crippen LogP contribution in [0.25, 0.3) is 0 Å². The van der Waals surface area contributed by atoms with Gasteiger partial charge in [0.05, 0.1) is 0 Å². The van der Waals surface area contributed by atoms with Crippen molar-refractivity contribution in [3.8, 4) is 0 Å². The second kappa shape index (κ2) is 6.57. The Kier molecular flexibility index (Phi) is 5.38. The SMILES string of the molecule is Cc1cc(Cl)c(CNCCCC(=O)O)cc1F. The molecule has 0 spiro atoms. The zero-order valence-electron chi connectivity index (χ0n) is 9.59. The van der Waals surface area contributed by atoms with Crippen LogP contribution < -0.4 is 5.32 Å². The molecule has 94 valence electrons. The molecule has 0 radical (unpaired) electrons. The Balaban J connectivity index is 2.41. The molecule has 17 heavy (non-hydrogen) atoms. The van der Waals surface area contributed by atoms with Crippen molar-refractivity contribution < 1.29 is 14.3 Å². The Hall–Kier alpha value is -1.13. The van der Waals surface area contributed by atoms with Crippen LogP contribution in [-0.4, -0.2) is 17.6 Å². The molecular formula is C12H15ClFNO2. The summed E-state index contributed by atoms with van der Waals surface area (Å²) in [6, 6.07) is 2.99. The highest BCUT2D eigenvalue weighted by molar-refractivity contribution is 6.31. The molecule has 1 aromatic rings. The maximum Gasteiger partial charge on any atom is 0.303 e. The number of hydrogen-bond donors (Lipinski definition) is 2. The predicted octanol–water partition coefficient (Wildman–Crippen LogP) is 2.74. The van der Waals surface area contributed by atoms with Gasteiger partial charge in [-0.1, -0.05) is 11.6 Å². The molecule has 0 bridgehead atoms. The molecule has 0 aliphatic heterocycles. The lowest BCUT2D eigenvalue weighted by molar-refractivity contribution is -0.137. The molecule has 0 heterocycles. The first kappa shape index (κ1) is 13.9. The van der Waals surface area contributed by atoms with E-state index in [2.05, 4.69) is 5.32 Å². The molecule has 0 aliphatic rings. The fourth-order valence-corrected chi connectivity index (χ4v) is 1.70. The number of benzene rings is 1. The minimum absolute atomic E-state index is 0.128. The predicted molar refractivity (Wildman–Crippen MR) is 64.7 cm³/mol. The highest BCUT2D eigenvalue weighted by Gasteiger charge is 2.05. The maximum absolute atomic E-state index is 13.3. The van der Waals surface area contributed by atoms with Crippen molar-refractivity contribution in [1.82, 2.24) is 5.32 Å². The van der Waals surface area contributed by atoms with Crippen molar-refractivity contribution >= 4 is 17.6 Å². The quantitative estimate of drug-likeness (QED) is 0.773. The summed E-state index contributed by atoms with van der Waals surface area (Å²) in [5, 5.41) is 12.0. The summed E-state index contributed by atoms with van der Waals surface area (Å²) in [4.78, 5) is 10.3. The second-order valence-corrected chi connectivity index (χ2v) is 4.27. The van der Waals surface area contributed by atoms with Crippen molar-refractivity contribution in [3.05, 3.63) is 34.1 Å². The van der Waals surface area contributed by atoms with Gasteiger partial charge in [0.2, 0.25) is 0 Å². The molecular weight excluding hydrogens is 245 g/mol. The number of rotatable bonds is 6. The van der Waals surface area contributed by atoms with Crippen LogP contribution in [0.2, 0.25) is 5.02 Å². The van der Waals surface area contributed by atoms with E-state index < -0.39 is 5.97 Å². The summed E-state index contributed by atoms with van der Waals surface area (Å²) < 4.78 is 13.3. The van der Waals surface area contributed by atoms with E-state index in [-0.39, 0.29) is 12.2 Å². The molecule has 3 nitrogen and oxygen atoms in total. The van der Waals surface area contributed by atoms with E-state index in [1.54, 1.807) is 13.0 Å². The van der Waals surface area contributed by atoms with Crippen molar-refractivity contribution in [2.75, 3.05) is 6.54 Å². The molecule has 0 fully saturated rings. The average Bonchev–Trinajstić information content (AvgIpc) is 2.24. The van der Waals surface area contributed by atoms with Crippen LogP contribution >= 0.6 is 11.6 Å². The standard InChI is InChI=1S/C12H15ClFNO2/c1-8-5-10(13)9(6-11(8)14)7-15-4-2-3-12(16)17/h5-6,15H,2-4,7H2,1H3,(H,16,17). The van der Waals surface area contributed by atoms with E-state index in [1.165, 1.54) is 6.07 Å². The molecule has 5 heteroatoms. The van der Waals surface area contributed by atoms with Gasteiger partial charge in [0, 0.05) is 18.0 Å². The van der Waals surface area contributed by atoms with E-state index in [0.29, 0.717) is 35.7 Å². The number of aryl methyl sites for hydroxylation is 1. The Morgan fingerprint density at radius 1 is 1.53 bits per heavy atom. The lowest BCUT2D eigenvalue weighted by atomic mass is 10.1. The summed E-state index contributed by atoms with van der Waals surface area (Å²) in [6.45, 7) is 2.67. The molecule has 1 rings (SSSR count). The molecule has 0 unspecified atom stereocenters.